The van der Waals surface area contributed by atoms with E-state index in [9.17, 15) is 14.7 Å². The number of thiophene rings is 1. The second-order valence-electron chi connectivity index (χ2n) is 4.68. The van der Waals surface area contributed by atoms with Crippen molar-refractivity contribution < 1.29 is 19.4 Å². The molecule has 1 saturated heterocycles. The zero-order valence-electron chi connectivity index (χ0n) is 9.70. The molecule has 2 aliphatic heterocycles. The Morgan fingerprint density at radius 3 is 2.89 bits per heavy atom. The van der Waals surface area contributed by atoms with Crippen molar-refractivity contribution in [2.75, 3.05) is 0 Å². The monoisotopic (exact) mass is 264 g/mol. The first-order valence-electron chi connectivity index (χ1n) is 5.70. The zero-order valence-corrected chi connectivity index (χ0v) is 10.5. The zero-order chi connectivity index (χ0) is 12.9. The van der Waals surface area contributed by atoms with E-state index in [2.05, 4.69) is 0 Å². The summed E-state index contributed by atoms with van der Waals surface area (Å²) in [5.74, 6) is -1.95. The number of fused-ring (bicyclic) bond motifs is 2. The standard InChI is InChI=1S/C13H12O4S/c1-7(14)11-10(9-3-2-6-18-9)8-4-5-13(11,16)12(15)17-8/h2-6,8,10-11,16H,1H3. The van der Waals surface area contributed by atoms with Crippen LogP contribution in [0.4, 0.5) is 0 Å². The normalized spacial score (nSPS) is 37.7. The summed E-state index contributed by atoms with van der Waals surface area (Å²) in [7, 11) is 0. The summed E-state index contributed by atoms with van der Waals surface area (Å²) in [6.07, 6.45) is 2.62. The molecule has 1 aromatic heterocycles. The summed E-state index contributed by atoms with van der Waals surface area (Å²) in [5, 5.41) is 12.3. The third-order valence-corrected chi connectivity index (χ3v) is 4.58. The van der Waals surface area contributed by atoms with Crippen LogP contribution < -0.4 is 0 Å². The molecular weight excluding hydrogens is 252 g/mol. The van der Waals surface area contributed by atoms with Gasteiger partial charge in [0, 0.05) is 10.8 Å². The SMILES string of the molecule is CC(=O)C1C(c2cccs2)C2C=CC1(O)C(=O)O2. The van der Waals surface area contributed by atoms with Crippen LogP contribution in [0.15, 0.2) is 29.7 Å². The average molecular weight is 264 g/mol. The fourth-order valence-electron chi connectivity index (χ4n) is 2.82. The molecule has 0 saturated carbocycles. The van der Waals surface area contributed by atoms with Crippen LogP contribution in [0, 0.1) is 5.92 Å². The summed E-state index contributed by atoms with van der Waals surface area (Å²) in [6, 6.07) is 3.78. The predicted molar refractivity (Wildman–Crippen MR) is 65.2 cm³/mol. The molecule has 0 amide bonds. The third-order valence-electron chi connectivity index (χ3n) is 3.61. The van der Waals surface area contributed by atoms with Crippen LogP contribution in [0.2, 0.25) is 0 Å². The third kappa shape index (κ3) is 1.41. The fraction of sp³-hybridized carbons (Fsp3) is 0.385. The lowest BCUT2D eigenvalue weighted by Gasteiger charge is -2.46. The van der Waals surface area contributed by atoms with Gasteiger partial charge in [-0.25, -0.2) is 4.79 Å². The molecule has 18 heavy (non-hydrogen) atoms. The van der Waals surface area contributed by atoms with Gasteiger partial charge < -0.3 is 9.84 Å². The first-order valence-corrected chi connectivity index (χ1v) is 6.58. The van der Waals surface area contributed by atoms with Gasteiger partial charge in [-0.15, -0.1) is 11.3 Å². The molecule has 1 fully saturated rings. The first kappa shape index (κ1) is 11.6. The van der Waals surface area contributed by atoms with Gasteiger partial charge >= 0.3 is 5.97 Å². The maximum atomic E-state index is 11.8. The highest BCUT2D eigenvalue weighted by Gasteiger charge is 2.59. The van der Waals surface area contributed by atoms with Crippen LogP contribution in [0.25, 0.3) is 0 Å². The van der Waals surface area contributed by atoms with Gasteiger partial charge in [0.05, 0.1) is 5.92 Å². The van der Waals surface area contributed by atoms with Crippen molar-refractivity contribution >= 4 is 23.1 Å². The second-order valence-corrected chi connectivity index (χ2v) is 5.66. The van der Waals surface area contributed by atoms with Crippen molar-refractivity contribution in [3.63, 3.8) is 0 Å². The van der Waals surface area contributed by atoms with E-state index < -0.39 is 23.6 Å². The van der Waals surface area contributed by atoms with Crippen molar-refractivity contribution in [1.29, 1.82) is 0 Å². The minimum atomic E-state index is -1.81. The van der Waals surface area contributed by atoms with E-state index >= 15 is 0 Å². The van der Waals surface area contributed by atoms with Gasteiger partial charge in [0.2, 0.25) is 0 Å². The van der Waals surface area contributed by atoms with Gasteiger partial charge in [-0.3, -0.25) is 4.79 Å². The Morgan fingerprint density at radius 1 is 1.56 bits per heavy atom. The minimum Gasteiger partial charge on any atom is -0.455 e. The number of Topliss-reactive ketones (excluding diaryl/α,β-unsaturated/α-hetero) is 1. The Bertz CT molecular complexity index is 533. The van der Waals surface area contributed by atoms with Gasteiger partial charge in [0.25, 0.3) is 0 Å². The van der Waals surface area contributed by atoms with Crippen molar-refractivity contribution in [3.8, 4) is 0 Å². The molecule has 3 heterocycles. The summed E-state index contributed by atoms with van der Waals surface area (Å²) in [4.78, 5) is 24.5. The number of esters is 1. The lowest BCUT2D eigenvalue weighted by Crippen LogP contribution is -2.60. The first-order chi connectivity index (χ1) is 8.54. The maximum Gasteiger partial charge on any atom is 0.343 e. The Kier molecular flexibility index (Phi) is 2.43. The summed E-state index contributed by atoms with van der Waals surface area (Å²) in [6.45, 7) is 1.41. The van der Waals surface area contributed by atoms with Gasteiger partial charge in [-0.1, -0.05) is 6.07 Å². The van der Waals surface area contributed by atoms with E-state index in [1.54, 1.807) is 6.08 Å². The molecule has 1 N–H and O–H groups in total. The van der Waals surface area contributed by atoms with E-state index in [-0.39, 0.29) is 11.7 Å². The summed E-state index contributed by atoms with van der Waals surface area (Å²) >= 11 is 1.50. The summed E-state index contributed by atoms with van der Waals surface area (Å²) < 4.78 is 5.18. The predicted octanol–water partition coefficient (Wildman–Crippen LogP) is 1.26. The molecule has 4 atom stereocenters. The fourth-order valence-corrected chi connectivity index (χ4v) is 3.72. The molecule has 94 valence electrons. The van der Waals surface area contributed by atoms with Crippen molar-refractivity contribution in [3.05, 3.63) is 34.5 Å². The van der Waals surface area contributed by atoms with Crippen LogP contribution in [0.5, 0.6) is 0 Å². The Morgan fingerprint density at radius 2 is 2.33 bits per heavy atom. The van der Waals surface area contributed by atoms with Gasteiger partial charge in [0.15, 0.2) is 5.60 Å². The van der Waals surface area contributed by atoms with Crippen LogP contribution in [-0.2, 0) is 14.3 Å². The molecule has 4 unspecified atom stereocenters. The largest absolute Gasteiger partial charge is 0.455 e. The van der Waals surface area contributed by atoms with Crippen molar-refractivity contribution in [2.45, 2.75) is 24.5 Å². The molecular formula is C13H12O4S. The highest BCUT2D eigenvalue weighted by atomic mass is 32.1. The Hall–Kier alpha value is -1.46. The lowest BCUT2D eigenvalue weighted by atomic mass is 9.67. The van der Waals surface area contributed by atoms with E-state index in [0.29, 0.717) is 0 Å². The number of hydrogen-bond acceptors (Lipinski definition) is 5. The van der Waals surface area contributed by atoms with E-state index in [0.717, 1.165) is 4.88 Å². The lowest BCUT2D eigenvalue weighted by molar-refractivity contribution is -0.189. The molecule has 4 nitrogen and oxygen atoms in total. The van der Waals surface area contributed by atoms with Crippen LogP contribution in [-0.4, -0.2) is 28.6 Å². The molecule has 3 aliphatic rings. The number of aliphatic hydroxyl groups is 1. The molecule has 1 aromatic rings. The van der Waals surface area contributed by atoms with Crippen molar-refractivity contribution in [2.24, 2.45) is 5.92 Å². The number of carbonyl (C=O) groups is 2. The van der Waals surface area contributed by atoms with Crippen LogP contribution in [0.1, 0.15) is 17.7 Å². The molecule has 0 radical (unpaired) electrons. The summed E-state index contributed by atoms with van der Waals surface area (Å²) in [5.41, 5.74) is -1.81. The molecule has 5 heteroatoms. The van der Waals surface area contributed by atoms with Gasteiger partial charge in [0.1, 0.15) is 11.9 Å². The Labute approximate surface area is 108 Å². The number of rotatable bonds is 2. The smallest absolute Gasteiger partial charge is 0.343 e. The molecule has 2 bridgehead atoms. The molecule has 1 aliphatic carbocycles. The van der Waals surface area contributed by atoms with Gasteiger partial charge in [-0.05, 0) is 30.5 Å². The molecule has 0 spiro atoms. The average Bonchev–Trinajstić information content (AvgIpc) is 2.82. The van der Waals surface area contributed by atoms with E-state index in [4.69, 9.17) is 4.74 Å². The van der Waals surface area contributed by atoms with E-state index in [1.807, 2.05) is 17.5 Å². The number of ketones is 1. The Balaban J connectivity index is 2.13. The second kappa shape index (κ2) is 3.76. The molecule has 0 aromatic carbocycles. The topological polar surface area (TPSA) is 63.6 Å². The molecule has 4 rings (SSSR count). The highest BCUT2D eigenvalue weighted by molar-refractivity contribution is 7.10. The number of carbonyl (C=O) groups excluding carboxylic acids is 2. The maximum absolute atomic E-state index is 11.8. The number of ether oxygens (including phenoxy) is 1. The number of hydrogen-bond donors (Lipinski definition) is 1. The minimum absolute atomic E-state index is 0.193. The van der Waals surface area contributed by atoms with E-state index in [1.165, 1.54) is 24.3 Å². The van der Waals surface area contributed by atoms with Crippen LogP contribution >= 0.6 is 11.3 Å². The van der Waals surface area contributed by atoms with Crippen LogP contribution in [0.3, 0.4) is 0 Å². The van der Waals surface area contributed by atoms with Gasteiger partial charge in [-0.2, -0.15) is 0 Å². The highest BCUT2D eigenvalue weighted by Crippen LogP contribution is 2.48. The van der Waals surface area contributed by atoms with Crippen molar-refractivity contribution in [1.82, 2.24) is 0 Å². The quantitative estimate of drug-likeness (QED) is 0.645.